The third kappa shape index (κ3) is 3.65. The molecule has 122 valence electrons. The normalized spacial score (nSPS) is 10.5. The largest absolute Gasteiger partial charge is 0.340 e. The van der Waals surface area contributed by atoms with E-state index in [1.807, 2.05) is 38.1 Å². The van der Waals surface area contributed by atoms with Crippen molar-refractivity contribution in [3.05, 3.63) is 71.4 Å². The van der Waals surface area contributed by atoms with Crippen molar-refractivity contribution >= 4 is 23.1 Å². The van der Waals surface area contributed by atoms with E-state index in [2.05, 4.69) is 20.6 Å². The van der Waals surface area contributed by atoms with Gasteiger partial charge in [0.05, 0.1) is 5.69 Å². The van der Waals surface area contributed by atoms with Crippen LogP contribution < -0.4 is 10.6 Å². The maximum Gasteiger partial charge on any atom is 0.229 e. The molecule has 3 rings (SSSR count). The summed E-state index contributed by atoms with van der Waals surface area (Å²) in [5.74, 6) is -0.517. The van der Waals surface area contributed by atoms with E-state index < -0.39 is 11.6 Å². The van der Waals surface area contributed by atoms with Crippen molar-refractivity contribution in [2.45, 2.75) is 13.8 Å². The first kappa shape index (κ1) is 15.9. The molecule has 1 aromatic heterocycles. The molecule has 2 N–H and O–H groups in total. The molecule has 0 atom stereocenters. The SMILES string of the molecule is Cc1cc(Nc2ccccc2C)nc(Nc2ccc(F)cc2F)n1. The first-order valence-electron chi connectivity index (χ1n) is 7.42. The fourth-order valence-electron chi connectivity index (χ4n) is 2.25. The summed E-state index contributed by atoms with van der Waals surface area (Å²) in [6.45, 7) is 3.81. The lowest BCUT2D eigenvalue weighted by molar-refractivity contribution is 0.586. The molecule has 0 spiro atoms. The van der Waals surface area contributed by atoms with Crippen LogP contribution in [0.4, 0.5) is 31.9 Å². The molecule has 0 saturated heterocycles. The monoisotopic (exact) mass is 326 g/mol. The zero-order chi connectivity index (χ0) is 17.1. The molecule has 2 aromatic carbocycles. The Kier molecular flexibility index (Phi) is 4.37. The minimum Gasteiger partial charge on any atom is -0.340 e. The topological polar surface area (TPSA) is 49.8 Å². The molecule has 0 saturated carbocycles. The average molecular weight is 326 g/mol. The van der Waals surface area contributed by atoms with Crippen molar-refractivity contribution in [3.8, 4) is 0 Å². The zero-order valence-corrected chi connectivity index (χ0v) is 13.3. The maximum atomic E-state index is 13.8. The molecule has 0 unspecified atom stereocenters. The summed E-state index contributed by atoms with van der Waals surface area (Å²) >= 11 is 0. The van der Waals surface area contributed by atoms with Gasteiger partial charge < -0.3 is 10.6 Å². The van der Waals surface area contributed by atoms with Crippen molar-refractivity contribution in [2.75, 3.05) is 10.6 Å². The van der Waals surface area contributed by atoms with Crippen molar-refractivity contribution in [1.82, 2.24) is 9.97 Å². The van der Waals surface area contributed by atoms with Crippen molar-refractivity contribution in [3.63, 3.8) is 0 Å². The van der Waals surface area contributed by atoms with Crippen LogP contribution in [0, 0.1) is 25.5 Å². The number of benzene rings is 2. The van der Waals surface area contributed by atoms with Gasteiger partial charge in [-0.05, 0) is 37.6 Å². The van der Waals surface area contributed by atoms with E-state index in [0.717, 1.165) is 17.3 Å². The second-order valence-corrected chi connectivity index (χ2v) is 5.41. The number of rotatable bonds is 4. The minimum atomic E-state index is -0.700. The van der Waals surface area contributed by atoms with Crippen LogP contribution in [0.15, 0.2) is 48.5 Å². The number of nitrogens with one attached hydrogen (secondary N) is 2. The first-order chi connectivity index (χ1) is 11.5. The Labute approximate surface area is 138 Å². The van der Waals surface area contributed by atoms with Crippen molar-refractivity contribution < 1.29 is 8.78 Å². The molecule has 3 aromatic rings. The summed E-state index contributed by atoms with van der Waals surface area (Å²) in [6.07, 6.45) is 0. The summed E-state index contributed by atoms with van der Waals surface area (Å²) < 4.78 is 26.7. The number of hydrogen-bond acceptors (Lipinski definition) is 4. The number of aryl methyl sites for hydroxylation is 2. The van der Waals surface area contributed by atoms with Gasteiger partial charge in [-0.2, -0.15) is 4.98 Å². The van der Waals surface area contributed by atoms with Crippen LogP contribution in [0.5, 0.6) is 0 Å². The molecule has 0 bridgehead atoms. The Morgan fingerprint density at radius 2 is 1.62 bits per heavy atom. The van der Waals surface area contributed by atoms with Crippen LogP contribution in [-0.4, -0.2) is 9.97 Å². The molecule has 0 fully saturated rings. The molecular weight excluding hydrogens is 310 g/mol. The van der Waals surface area contributed by atoms with Crippen LogP contribution in [0.1, 0.15) is 11.3 Å². The number of hydrogen-bond donors (Lipinski definition) is 2. The minimum absolute atomic E-state index is 0.115. The zero-order valence-electron chi connectivity index (χ0n) is 13.3. The van der Waals surface area contributed by atoms with Gasteiger partial charge in [-0.3, -0.25) is 0 Å². The Morgan fingerprint density at radius 1 is 0.833 bits per heavy atom. The van der Waals surface area contributed by atoms with E-state index in [0.29, 0.717) is 11.5 Å². The van der Waals surface area contributed by atoms with Crippen LogP contribution in [-0.2, 0) is 0 Å². The lowest BCUT2D eigenvalue weighted by Gasteiger charge is -2.12. The van der Waals surface area contributed by atoms with E-state index in [1.54, 1.807) is 6.07 Å². The van der Waals surface area contributed by atoms with Gasteiger partial charge in [-0.15, -0.1) is 0 Å². The molecule has 0 amide bonds. The van der Waals surface area contributed by atoms with Gasteiger partial charge in [-0.1, -0.05) is 18.2 Å². The van der Waals surface area contributed by atoms with Gasteiger partial charge >= 0.3 is 0 Å². The lowest BCUT2D eigenvalue weighted by Crippen LogP contribution is -2.04. The Hall–Kier alpha value is -3.02. The predicted octanol–water partition coefficient (Wildman–Crippen LogP) is 4.86. The summed E-state index contributed by atoms with van der Waals surface area (Å²) in [4.78, 5) is 8.57. The highest BCUT2D eigenvalue weighted by Crippen LogP contribution is 2.22. The summed E-state index contributed by atoms with van der Waals surface area (Å²) in [7, 11) is 0. The third-order valence-corrected chi connectivity index (χ3v) is 3.44. The molecular formula is C18H16F2N4. The standard InChI is InChI=1S/C18H16F2N4/c1-11-5-3-4-6-15(11)22-17-9-12(2)21-18(24-17)23-16-8-7-13(19)10-14(16)20/h3-10H,1-2H3,(H2,21,22,23,24). The summed E-state index contributed by atoms with van der Waals surface area (Å²) in [5.41, 5.74) is 2.83. The number of anilines is 4. The van der Waals surface area contributed by atoms with Crippen LogP contribution in [0.2, 0.25) is 0 Å². The second kappa shape index (κ2) is 6.62. The molecule has 0 aliphatic carbocycles. The fourth-order valence-corrected chi connectivity index (χ4v) is 2.25. The predicted molar refractivity (Wildman–Crippen MR) is 90.9 cm³/mol. The number of aromatic nitrogens is 2. The quantitative estimate of drug-likeness (QED) is 0.719. The van der Waals surface area contributed by atoms with E-state index >= 15 is 0 Å². The van der Waals surface area contributed by atoms with Crippen LogP contribution in [0.3, 0.4) is 0 Å². The van der Waals surface area contributed by atoms with Gasteiger partial charge in [-0.25, -0.2) is 13.8 Å². The summed E-state index contributed by atoms with van der Waals surface area (Å²) in [5, 5.41) is 6.00. The van der Waals surface area contributed by atoms with Gasteiger partial charge in [0.1, 0.15) is 17.5 Å². The van der Waals surface area contributed by atoms with Crippen molar-refractivity contribution in [2.24, 2.45) is 0 Å². The van der Waals surface area contributed by atoms with Gasteiger partial charge in [0.15, 0.2) is 0 Å². The van der Waals surface area contributed by atoms with Gasteiger partial charge in [0.2, 0.25) is 5.95 Å². The number of halogens is 2. The maximum absolute atomic E-state index is 13.8. The molecule has 1 heterocycles. The molecule has 0 radical (unpaired) electrons. The van der Waals surface area contributed by atoms with Crippen LogP contribution >= 0.6 is 0 Å². The average Bonchev–Trinajstić information content (AvgIpc) is 2.52. The highest BCUT2D eigenvalue weighted by Gasteiger charge is 2.08. The Balaban J connectivity index is 1.87. The number of para-hydroxylation sites is 1. The van der Waals surface area contributed by atoms with E-state index in [9.17, 15) is 8.78 Å². The third-order valence-electron chi connectivity index (χ3n) is 3.44. The van der Waals surface area contributed by atoms with E-state index in [-0.39, 0.29) is 11.6 Å². The van der Waals surface area contributed by atoms with Crippen LogP contribution in [0.25, 0.3) is 0 Å². The van der Waals surface area contributed by atoms with E-state index in [4.69, 9.17) is 0 Å². The number of nitrogens with zero attached hydrogens (tertiary/aromatic N) is 2. The highest BCUT2D eigenvalue weighted by molar-refractivity contribution is 5.62. The second-order valence-electron chi connectivity index (χ2n) is 5.41. The van der Waals surface area contributed by atoms with Gasteiger partial charge in [0.25, 0.3) is 0 Å². The highest BCUT2D eigenvalue weighted by atomic mass is 19.1. The van der Waals surface area contributed by atoms with E-state index in [1.165, 1.54) is 12.1 Å². The Bertz CT molecular complexity index is 881. The molecule has 6 heteroatoms. The molecule has 0 aliphatic rings. The molecule has 24 heavy (non-hydrogen) atoms. The Morgan fingerprint density at radius 3 is 2.38 bits per heavy atom. The summed E-state index contributed by atoms with van der Waals surface area (Å²) in [6, 6.07) is 12.9. The van der Waals surface area contributed by atoms with Crippen molar-refractivity contribution in [1.29, 1.82) is 0 Å². The fraction of sp³-hybridized carbons (Fsp3) is 0.111. The smallest absolute Gasteiger partial charge is 0.229 e. The molecule has 4 nitrogen and oxygen atoms in total. The van der Waals surface area contributed by atoms with Gasteiger partial charge in [0, 0.05) is 23.5 Å². The first-order valence-corrected chi connectivity index (χ1v) is 7.42. The molecule has 0 aliphatic heterocycles. The lowest BCUT2D eigenvalue weighted by atomic mass is 10.2.